The van der Waals surface area contributed by atoms with E-state index < -0.39 is 0 Å². The van der Waals surface area contributed by atoms with E-state index in [1.54, 1.807) is 12.1 Å². The summed E-state index contributed by atoms with van der Waals surface area (Å²) in [7, 11) is 0. The summed E-state index contributed by atoms with van der Waals surface area (Å²) in [5, 5.41) is 3.55. The number of amides is 1. The Balaban J connectivity index is 1.79. The zero-order valence-electron chi connectivity index (χ0n) is 14.3. The van der Waals surface area contributed by atoms with Crippen LogP contribution in [-0.4, -0.2) is 43.0 Å². The maximum Gasteiger partial charge on any atom is 0.291 e. The van der Waals surface area contributed by atoms with Gasteiger partial charge in [-0.1, -0.05) is 17.7 Å². The van der Waals surface area contributed by atoms with Gasteiger partial charge in [0.1, 0.15) is 0 Å². The van der Waals surface area contributed by atoms with E-state index in [2.05, 4.69) is 44.9 Å². The number of hydrogen-bond donors (Lipinski definition) is 1. The Bertz CT molecular complexity index is 755. The fourth-order valence-corrected chi connectivity index (χ4v) is 3.62. The van der Waals surface area contributed by atoms with E-state index in [9.17, 15) is 4.79 Å². The van der Waals surface area contributed by atoms with Crippen LogP contribution < -0.4 is 10.2 Å². The van der Waals surface area contributed by atoms with Gasteiger partial charge in [-0.25, -0.2) is 0 Å². The fourth-order valence-electron chi connectivity index (χ4n) is 3.02. The van der Waals surface area contributed by atoms with Crippen LogP contribution in [0.5, 0.6) is 0 Å². The smallest absolute Gasteiger partial charge is 0.291 e. The SMILES string of the molecule is CC(C)N1CCN(c2c(Cl)cccc2NC(=O)c2ccc(Br)o2)CC1. The number of carbonyl (C=O) groups is 1. The van der Waals surface area contributed by atoms with Crippen LogP contribution in [-0.2, 0) is 0 Å². The minimum absolute atomic E-state index is 0.252. The minimum Gasteiger partial charge on any atom is -0.444 e. The summed E-state index contributed by atoms with van der Waals surface area (Å²) >= 11 is 9.67. The number of piperazine rings is 1. The Morgan fingerprint density at radius 3 is 2.52 bits per heavy atom. The number of anilines is 2. The lowest BCUT2D eigenvalue weighted by molar-refractivity contribution is 0.0995. The topological polar surface area (TPSA) is 48.7 Å². The molecule has 0 bridgehead atoms. The number of rotatable bonds is 4. The lowest BCUT2D eigenvalue weighted by atomic mass is 10.2. The van der Waals surface area contributed by atoms with E-state index in [0.29, 0.717) is 21.4 Å². The highest BCUT2D eigenvalue weighted by molar-refractivity contribution is 9.10. The van der Waals surface area contributed by atoms with E-state index in [1.807, 2.05) is 18.2 Å². The van der Waals surface area contributed by atoms with Crippen molar-refractivity contribution in [2.75, 3.05) is 36.4 Å². The molecule has 0 spiro atoms. The van der Waals surface area contributed by atoms with Crippen molar-refractivity contribution >= 4 is 44.8 Å². The summed E-state index contributed by atoms with van der Waals surface area (Å²) in [6.45, 7) is 8.10. The normalized spacial score (nSPS) is 15.6. The van der Waals surface area contributed by atoms with Crippen LogP contribution in [0.2, 0.25) is 5.02 Å². The van der Waals surface area contributed by atoms with Gasteiger partial charge >= 0.3 is 0 Å². The quantitative estimate of drug-likeness (QED) is 0.783. The van der Waals surface area contributed by atoms with Gasteiger partial charge in [0.25, 0.3) is 5.91 Å². The first-order valence-electron chi connectivity index (χ1n) is 8.30. The third-order valence-corrected chi connectivity index (χ3v) is 5.12. The molecule has 0 unspecified atom stereocenters. The second kappa shape index (κ2) is 7.81. The van der Waals surface area contributed by atoms with E-state index in [0.717, 1.165) is 31.9 Å². The molecule has 1 aliphatic rings. The molecule has 5 nitrogen and oxygen atoms in total. The molecule has 1 saturated heterocycles. The molecule has 0 aliphatic carbocycles. The van der Waals surface area contributed by atoms with E-state index in [-0.39, 0.29) is 11.7 Å². The van der Waals surface area contributed by atoms with Crippen molar-refractivity contribution in [3.63, 3.8) is 0 Å². The van der Waals surface area contributed by atoms with Crippen LogP contribution in [0.15, 0.2) is 39.4 Å². The molecule has 0 atom stereocenters. The molecular formula is C18H21BrClN3O2. The zero-order valence-corrected chi connectivity index (χ0v) is 16.6. The summed E-state index contributed by atoms with van der Waals surface area (Å²) in [5.41, 5.74) is 1.56. The predicted molar refractivity (Wildman–Crippen MR) is 105 cm³/mol. The molecule has 25 heavy (non-hydrogen) atoms. The van der Waals surface area contributed by atoms with Crippen LogP contribution in [0.1, 0.15) is 24.4 Å². The minimum atomic E-state index is -0.296. The average Bonchev–Trinajstić information content (AvgIpc) is 3.02. The van der Waals surface area contributed by atoms with Crippen molar-refractivity contribution in [2.45, 2.75) is 19.9 Å². The molecule has 7 heteroatoms. The van der Waals surface area contributed by atoms with Crippen LogP contribution in [0, 0.1) is 0 Å². The summed E-state index contributed by atoms with van der Waals surface area (Å²) < 4.78 is 5.85. The third-order valence-electron chi connectivity index (χ3n) is 4.39. The van der Waals surface area contributed by atoms with E-state index >= 15 is 0 Å². The molecular weight excluding hydrogens is 406 g/mol. The largest absolute Gasteiger partial charge is 0.444 e. The van der Waals surface area contributed by atoms with E-state index in [4.69, 9.17) is 16.0 Å². The van der Waals surface area contributed by atoms with Gasteiger partial charge in [0.2, 0.25) is 0 Å². The van der Waals surface area contributed by atoms with Crippen molar-refractivity contribution in [3.8, 4) is 0 Å². The van der Waals surface area contributed by atoms with Gasteiger partial charge in [0.05, 0.1) is 16.4 Å². The van der Waals surface area contributed by atoms with Gasteiger partial charge < -0.3 is 14.6 Å². The van der Waals surface area contributed by atoms with Crippen molar-refractivity contribution in [3.05, 3.63) is 45.8 Å². The number of nitrogens with one attached hydrogen (secondary N) is 1. The lowest BCUT2D eigenvalue weighted by Gasteiger charge is -2.39. The highest BCUT2D eigenvalue weighted by Crippen LogP contribution is 2.35. The molecule has 1 amide bonds. The number of nitrogens with zero attached hydrogens (tertiary/aromatic N) is 2. The molecule has 1 aliphatic heterocycles. The molecule has 2 heterocycles. The number of halogens is 2. The van der Waals surface area contributed by atoms with Gasteiger partial charge in [0.15, 0.2) is 10.4 Å². The monoisotopic (exact) mass is 425 g/mol. The molecule has 1 N–H and O–H groups in total. The Kier molecular flexibility index (Phi) is 5.71. The molecule has 2 aromatic rings. The summed E-state index contributed by atoms with van der Waals surface area (Å²) in [4.78, 5) is 17.1. The van der Waals surface area contributed by atoms with Crippen molar-refractivity contribution in [1.29, 1.82) is 0 Å². The van der Waals surface area contributed by atoms with Crippen LogP contribution >= 0.6 is 27.5 Å². The van der Waals surface area contributed by atoms with Gasteiger partial charge in [-0.3, -0.25) is 9.69 Å². The fraction of sp³-hybridized carbons (Fsp3) is 0.389. The Morgan fingerprint density at radius 2 is 1.92 bits per heavy atom. The third kappa shape index (κ3) is 4.19. The maximum absolute atomic E-state index is 12.4. The number of furan rings is 1. The van der Waals surface area contributed by atoms with Crippen LogP contribution in [0.25, 0.3) is 0 Å². The summed E-state index contributed by atoms with van der Waals surface area (Å²) in [5.74, 6) is -0.0440. The molecule has 1 aromatic carbocycles. The summed E-state index contributed by atoms with van der Waals surface area (Å²) in [6, 6.07) is 9.41. The lowest BCUT2D eigenvalue weighted by Crippen LogP contribution is -2.49. The van der Waals surface area contributed by atoms with E-state index in [1.165, 1.54) is 0 Å². The maximum atomic E-state index is 12.4. The van der Waals surface area contributed by atoms with Gasteiger partial charge in [0, 0.05) is 32.2 Å². The van der Waals surface area contributed by atoms with Gasteiger partial charge in [-0.2, -0.15) is 0 Å². The first-order valence-corrected chi connectivity index (χ1v) is 9.47. The second-order valence-electron chi connectivity index (χ2n) is 6.31. The van der Waals surface area contributed by atoms with Crippen molar-refractivity contribution in [2.24, 2.45) is 0 Å². The molecule has 1 aromatic heterocycles. The number of carbonyl (C=O) groups excluding carboxylic acids is 1. The molecule has 1 fully saturated rings. The summed E-state index contributed by atoms with van der Waals surface area (Å²) in [6.07, 6.45) is 0. The molecule has 3 rings (SSSR count). The molecule has 0 radical (unpaired) electrons. The predicted octanol–water partition coefficient (Wildman–Crippen LogP) is 4.48. The first kappa shape index (κ1) is 18.3. The average molecular weight is 427 g/mol. The van der Waals surface area contributed by atoms with Gasteiger partial charge in [-0.05, 0) is 54.0 Å². The Labute approximate surface area is 161 Å². The van der Waals surface area contributed by atoms with Crippen LogP contribution in [0.3, 0.4) is 0 Å². The Hall–Kier alpha value is -1.50. The van der Waals surface area contributed by atoms with Gasteiger partial charge in [-0.15, -0.1) is 0 Å². The Morgan fingerprint density at radius 1 is 1.20 bits per heavy atom. The second-order valence-corrected chi connectivity index (χ2v) is 7.50. The van der Waals surface area contributed by atoms with Crippen molar-refractivity contribution < 1.29 is 9.21 Å². The first-order chi connectivity index (χ1) is 12.0. The molecule has 0 saturated carbocycles. The highest BCUT2D eigenvalue weighted by atomic mass is 79.9. The van der Waals surface area contributed by atoms with Crippen LogP contribution in [0.4, 0.5) is 11.4 Å². The number of benzene rings is 1. The molecule has 134 valence electrons. The number of hydrogen-bond acceptors (Lipinski definition) is 4. The highest BCUT2D eigenvalue weighted by Gasteiger charge is 2.23. The zero-order chi connectivity index (χ0) is 18.0. The van der Waals surface area contributed by atoms with Crippen molar-refractivity contribution in [1.82, 2.24) is 4.90 Å². The standard InChI is InChI=1S/C18H21BrClN3O2/c1-12(2)22-8-10-23(11-9-22)17-13(20)4-3-5-14(17)21-18(24)15-6-7-16(19)25-15/h3-7,12H,8-11H2,1-2H3,(H,21,24). The number of para-hydroxylation sites is 1.